The van der Waals surface area contributed by atoms with Crippen molar-refractivity contribution < 1.29 is 68.1 Å². The molecule has 18 nitrogen and oxygen atoms in total. The van der Waals surface area contributed by atoms with E-state index in [0.29, 0.717) is 32.0 Å². The maximum atomic E-state index is 12.2. The van der Waals surface area contributed by atoms with E-state index in [1.807, 2.05) is 12.5 Å². The first-order valence-electron chi connectivity index (χ1n) is 22.2. The van der Waals surface area contributed by atoms with Gasteiger partial charge in [-0.1, -0.05) is 86.3 Å². The second-order valence-electron chi connectivity index (χ2n) is 14.6. The molecule has 380 valence electrons. The highest BCUT2D eigenvalue weighted by Crippen LogP contribution is 2.13. The van der Waals surface area contributed by atoms with Crippen LogP contribution in [0.5, 0.6) is 0 Å². The lowest BCUT2D eigenvalue weighted by atomic mass is 10.0. The van der Waals surface area contributed by atoms with Gasteiger partial charge in [-0.05, 0) is 63.0 Å². The van der Waals surface area contributed by atoms with Crippen LogP contribution in [0, 0.1) is 5.92 Å². The summed E-state index contributed by atoms with van der Waals surface area (Å²) in [5.74, 6) is -2.59. The normalized spacial score (nSPS) is 11.3. The van der Waals surface area contributed by atoms with Crippen molar-refractivity contribution >= 4 is 68.9 Å². The summed E-state index contributed by atoms with van der Waals surface area (Å²) in [7, 11) is 5.24. The summed E-state index contributed by atoms with van der Waals surface area (Å²) in [4.78, 5) is 70.2. The molecule has 0 heterocycles. The first kappa shape index (κ1) is 68.2. The third-order valence-corrected chi connectivity index (χ3v) is 10.1. The molecule has 0 fully saturated rings. The number of amides is 4. The van der Waals surface area contributed by atoms with E-state index in [1.54, 1.807) is 40.5 Å². The Hall–Kier alpha value is -2.37. The van der Waals surface area contributed by atoms with E-state index in [1.165, 1.54) is 0 Å². The zero-order valence-corrected chi connectivity index (χ0v) is 42.2. The number of carboxylic acids is 2. The Morgan fingerprint density at radius 3 is 1.41 bits per heavy atom. The lowest BCUT2D eigenvalue weighted by Crippen LogP contribution is -2.41. The van der Waals surface area contributed by atoms with E-state index in [9.17, 15) is 33.9 Å². The number of ether oxygens (including phenoxy) is 5. The van der Waals surface area contributed by atoms with Gasteiger partial charge < -0.3 is 60.6 Å². The van der Waals surface area contributed by atoms with Crippen molar-refractivity contribution in [2.45, 2.75) is 122 Å². The number of carbonyl (C=O) groups excluding carboxylic acids is 4. The fraction of sp³-hybridized carbons (Fsp3) is 0.860. The predicted molar refractivity (Wildman–Crippen MR) is 259 cm³/mol. The number of aliphatic carboxylic acids is 2. The van der Waals surface area contributed by atoms with Gasteiger partial charge in [-0.25, -0.2) is 4.79 Å². The van der Waals surface area contributed by atoms with E-state index in [4.69, 9.17) is 28.8 Å². The molecule has 8 N–H and O–H groups in total. The molecule has 0 aromatic carbocycles. The monoisotopic (exact) mass is 979 g/mol. The van der Waals surface area contributed by atoms with Crippen molar-refractivity contribution in [1.29, 1.82) is 0 Å². The van der Waals surface area contributed by atoms with E-state index in [2.05, 4.69) is 40.7 Å². The SMILES string of the molecule is COCC(C)CCCCNC(=O)COCCOCCNC(=O)COCCOCCNC(=O)CC[C@H](NC(=O)CCCCCCCCCCCCC(=O)O)C(=O)O.CSC.CSSC.O. The van der Waals surface area contributed by atoms with Crippen LogP contribution in [0.15, 0.2) is 0 Å². The molecular weight excluding hydrogens is 893 g/mol. The molecule has 0 aromatic heterocycles. The van der Waals surface area contributed by atoms with Gasteiger partial charge >= 0.3 is 11.9 Å². The molecule has 0 saturated heterocycles. The van der Waals surface area contributed by atoms with Gasteiger partial charge in [0.15, 0.2) is 0 Å². The number of thioether (sulfide) groups is 1. The van der Waals surface area contributed by atoms with Crippen LogP contribution in [-0.2, 0) is 52.5 Å². The molecule has 0 aromatic rings. The van der Waals surface area contributed by atoms with Gasteiger partial charge in [0.1, 0.15) is 19.3 Å². The molecule has 0 aliphatic rings. The van der Waals surface area contributed by atoms with Crippen LogP contribution >= 0.6 is 33.3 Å². The maximum absolute atomic E-state index is 12.2. The molecule has 21 heteroatoms. The summed E-state index contributed by atoms with van der Waals surface area (Å²) in [6.07, 6.45) is 21.2. The molecule has 0 radical (unpaired) electrons. The molecule has 0 bridgehead atoms. The van der Waals surface area contributed by atoms with Crippen molar-refractivity contribution in [3.05, 3.63) is 0 Å². The number of methoxy groups -OCH3 is 1. The molecule has 0 spiro atoms. The third-order valence-electron chi connectivity index (χ3n) is 8.75. The Labute approximate surface area is 396 Å². The minimum absolute atomic E-state index is 0. The molecule has 2 atom stereocenters. The Balaban J connectivity index is -0.00000209. The van der Waals surface area contributed by atoms with Crippen molar-refractivity contribution in [1.82, 2.24) is 21.3 Å². The van der Waals surface area contributed by atoms with Gasteiger partial charge in [0, 0.05) is 52.6 Å². The molecule has 0 aliphatic carbocycles. The number of rotatable bonds is 42. The van der Waals surface area contributed by atoms with Crippen molar-refractivity contribution in [2.24, 2.45) is 5.92 Å². The highest BCUT2D eigenvalue weighted by Gasteiger charge is 2.20. The van der Waals surface area contributed by atoms with Gasteiger partial charge in [0.25, 0.3) is 0 Å². The summed E-state index contributed by atoms with van der Waals surface area (Å²) < 4.78 is 26.5. The minimum atomic E-state index is -1.19. The average Bonchev–Trinajstić information content (AvgIpc) is 3.24. The molecule has 64 heavy (non-hydrogen) atoms. The second-order valence-corrected chi connectivity index (χ2v) is 18.1. The maximum Gasteiger partial charge on any atom is 0.326 e. The molecule has 0 aliphatic heterocycles. The fourth-order valence-electron chi connectivity index (χ4n) is 5.47. The van der Waals surface area contributed by atoms with Crippen molar-refractivity contribution in [3.8, 4) is 0 Å². The van der Waals surface area contributed by atoms with Crippen LogP contribution in [0.1, 0.15) is 116 Å². The summed E-state index contributed by atoms with van der Waals surface area (Å²) in [6, 6.07) is -1.14. The number of carbonyl (C=O) groups is 6. The van der Waals surface area contributed by atoms with Gasteiger partial charge in [-0.15, -0.1) is 0 Å². The minimum Gasteiger partial charge on any atom is -0.481 e. The van der Waals surface area contributed by atoms with Crippen LogP contribution in [0.25, 0.3) is 0 Å². The van der Waals surface area contributed by atoms with E-state index < -0.39 is 18.0 Å². The zero-order valence-electron chi connectivity index (χ0n) is 39.8. The summed E-state index contributed by atoms with van der Waals surface area (Å²) in [5.41, 5.74) is 0. The van der Waals surface area contributed by atoms with Crippen molar-refractivity contribution in [2.75, 3.05) is 111 Å². The van der Waals surface area contributed by atoms with Crippen LogP contribution in [0.2, 0.25) is 0 Å². The summed E-state index contributed by atoms with van der Waals surface area (Å²) in [5, 5.41) is 28.8. The highest BCUT2D eigenvalue weighted by molar-refractivity contribution is 8.76. The van der Waals surface area contributed by atoms with E-state index >= 15 is 0 Å². The smallest absolute Gasteiger partial charge is 0.326 e. The lowest BCUT2D eigenvalue weighted by Gasteiger charge is -2.14. The van der Waals surface area contributed by atoms with Crippen LogP contribution in [-0.4, -0.2) is 169 Å². The molecular formula is C43H86N4O14S3. The first-order valence-corrected chi connectivity index (χ1v) is 26.8. The second kappa shape index (κ2) is 55.0. The highest BCUT2D eigenvalue weighted by atomic mass is 33.1. The number of hydrogen-bond donors (Lipinski definition) is 6. The third kappa shape index (κ3) is 57.6. The quantitative estimate of drug-likeness (QED) is 0.0356. The molecule has 4 amide bonds. The topological polar surface area (TPSA) is 269 Å². The Morgan fingerprint density at radius 1 is 0.516 bits per heavy atom. The summed E-state index contributed by atoms with van der Waals surface area (Å²) in [6.45, 7) is 5.27. The standard InChI is InChI=1S/C39H72N4O13.C2H6S2.C2H6S.H2O/c1-32(29-52-2)15-13-14-20-40-36(46)30-55-27-26-54-24-22-42-37(47)31-56-28-25-53-23-21-41-34(44)19-18-33(39(50)51)43-35(45)16-11-9-7-5-3-4-6-8-10-12-17-38(48)49;1-3-4-2;1-3-2;/h32-33H,3-31H2,1-2H3,(H,40,46)(H,41,44)(H,42,47)(H,43,45)(H,48,49)(H,50,51);1-2H3;1-2H3;1H2/t32?,33-;;;/m0.../s1. The van der Waals surface area contributed by atoms with Crippen LogP contribution < -0.4 is 21.3 Å². The Morgan fingerprint density at radius 2 is 0.953 bits per heavy atom. The first-order chi connectivity index (χ1) is 30.4. The molecule has 1 unspecified atom stereocenters. The number of unbranched alkanes of at least 4 members (excludes halogenated alkanes) is 10. The Bertz CT molecular complexity index is 1120. The average molecular weight is 979 g/mol. The van der Waals surface area contributed by atoms with Gasteiger partial charge in [0.05, 0.1) is 39.6 Å². The lowest BCUT2D eigenvalue weighted by molar-refractivity contribution is -0.142. The molecule has 0 rings (SSSR count). The Kier molecular flexibility index (Phi) is 58.6. The van der Waals surface area contributed by atoms with Crippen LogP contribution in [0.4, 0.5) is 0 Å². The number of hydrogen-bond acceptors (Lipinski definition) is 14. The van der Waals surface area contributed by atoms with Gasteiger partial charge in [-0.3, -0.25) is 24.0 Å². The predicted octanol–water partition coefficient (Wildman–Crippen LogP) is 4.75. The van der Waals surface area contributed by atoms with E-state index in [0.717, 1.165) is 83.7 Å². The van der Waals surface area contributed by atoms with Gasteiger partial charge in [-0.2, -0.15) is 11.8 Å². The molecule has 0 saturated carbocycles. The summed E-state index contributed by atoms with van der Waals surface area (Å²) >= 11 is 1.75. The van der Waals surface area contributed by atoms with E-state index in [-0.39, 0.29) is 108 Å². The number of nitrogens with one attached hydrogen (secondary N) is 4. The number of carboxylic acid groups (broad SMARTS) is 2. The van der Waals surface area contributed by atoms with Crippen molar-refractivity contribution in [3.63, 3.8) is 0 Å². The fourth-order valence-corrected chi connectivity index (χ4v) is 5.47. The largest absolute Gasteiger partial charge is 0.481 e. The van der Waals surface area contributed by atoms with Crippen LogP contribution in [0.3, 0.4) is 0 Å². The zero-order chi connectivity index (χ0) is 47.6. The van der Waals surface area contributed by atoms with Gasteiger partial charge in [0.2, 0.25) is 23.6 Å².